The van der Waals surface area contributed by atoms with Gasteiger partial charge in [0.2, 0.25) is 15.9 Å². The van der Waals surface area contributed by atoms with Crippen molar-refractivity contribution in [3.8, 4) is 0 Å². The highest BCUT2D eigenvalue weighted by atomic mass is 35.5. The van der Waals surface area contributed by atoms with Gasteiger partial charge in [-0.3, -0.25) is 4.79 Å². The summed E-state index contributed by atoms with van der Waals surface area (Å²) in [5.41, 5.74) is 7.38. The predicted octanol–water partition coefficient (Wildman–Crippen LogP) is 1.22. The number of fused-ring (bicyclic) bond motifs is 1. The standard InChI is InChI=1S/C18H27N5O3S.ClH/c1-4-23-16-6-5-14(27(25,26)21(2)3)11-15(16)20-17(23)7-8-18(24)22-10-9-13(19)12-22;/h5-6,11,13H,4,7-10,12,19H2,1-3H3;1H/t13-;/m1./s1. The van der Waals surface area contributed by atoms with Crippen molar-refractivity contribution in [2.24, 2.45) is 5.73 Å². The molecule has 0 radical (unpaired) electrons. The Morgan fingerprint density at radius 2 is 2.07 bits per heavy atom. The molecule has 2 N–H and O–H groups in total. The van der Waals surface area contributed by atoms with E-state index < -0.39 is 10.0 Å². The van der Waals surface area contributed by atoms with Crippen LogP contribution in [0.2, 0.25) is 0 Å². The van der Waals surface area contributed by atoms with E-state index in [1.54, 1.807) is 18.2 Å². The maximum atomic E-state index is 12.4. The largest absolute Gasteiger partial charge is 0.341 e. The quantitative estimate of drug-likeness (QED) is 0.743. The lowest BCUT2D eigenvalue weighted by Gasteiger charge is -2.15. The van der Waals surface area contributed by atoms with Crippen molar-refractivity contribution >= 4 is 39.4 Å². The van der Waals surface area contributed by atoms with Gasteiger partial charge in [0.1, 0.15) is 5.82 Å². The van der Waals surface area contributed by atoms with Crippen molar-refractivity contribution in [2.45, 2.75) is 43.7 Å². The number of rotatable bonds is 6. The fourth-order valence-corrected chi connectivity index (χ4v) is 4.39. The number of amides is 1. The normalized spacial score (nSPS) is 17.3. The first-order chi connectivity index (χ1) is 12.7. The Morgan fingerprint density at radius 1 is 1.36 bits per heavy atom. The molecule has 0 saturated carbocycles. The second-order valence-electron chi connectivity index (χ2n) is 7.10. The van der Waals surface area contributed by atoms with E-state index in [1.807, 2.05) is 16.4 Å². The number of imidazole rings is 1. The number of benzene rings is 1. The molecular weight excluding hydrogens is 402 g/mol. The molecule has 1 atom stereocenters. The number of nitrogens with zero attached hydrogens (tertiary/aromatic N) is 4. The third-order valence-electron chi connectivity index (χ3n) is 5.03. The number of hydrogen-bond acceptors (Lipinski definition) is 5. The van der Waals surface area contributed by atoms with E-state index in [1.165, 1.54) is 18.4 Å². The topological polar surface area (TPSA) is 102 Å². The van der Waals surface area contributed by atoms with Crippen molar-refractivity contribution in [1.29, 1.82) is 0 Å². The summed E-state index contributed by atoms with van der Waals surface area (Å²) in [5.74, 6) is 0.886. The molecule has 3 rings (SSSR count). The average Bonchev–Trinajstić information content (AvgIpc) is 3.21. The van der Waals surface area contributed by atoms with E-state index in [0.717, 1.165) is 24.3 Å². The van der Waals surface area contributed by atoms with Crippen LogP contribution in [-0.2, 0) is 27.8 Å². The Bertz CT molecular complexity index is 958. The van der Waals surface area contributed by atoms with Crippen molar-refractivity contribution in [2.75, 3.05) is 27.2 Å². The lowest BCUT2D eigenvalue weighted by molar-refractivity contribution is -0.130. The molecule has 0 aliphatic carbocycles. The summed E-state index contributed by atoms with van der Waals surface area (Å²) in [6.07, 6.45) is 1.74. The van der Waals surface area contributed by atoms with Gasteiger partial charge in [-0.2, -0.15) is 0 Å². The monoisotopic (exact) mass is 429 g/mol. The number of sulfonamides is 1. The van der Waals surface area contributed by atoms with Gasteiger partial charge in [-0.05, 0) is 31.5 Å². The molecule has 1 aromatic carbocycles. The summed E-state index contributed by atoms with van der Waals surface area (Å²) in [6.45, 7) is 4.05. The average molecular weight is 430 g/mol. The van der Waals surface area contributed by atoms with E-state index in [2.05, 4.69) is 4.98 Å². The second-order valence-corrected chi connectivity index (χ2v) is 9.25. The number of carbonyl (C=O) groups is 1. The molecule has 2 aromatic rings. The first-order valence-electron chi connectivity index (χ1n) is 9.19. The number of halogens is 1. The lowest BCUT2D eigenvalue weighted by atomic mass is 10.2. The van der Waals surface area contributed by atoms with Gasteiger partial charge < -0.3 is 15.2 Å². The van der Waals surface area contributed by atoms with Gasteiger partial charge in [0.15, 0.2) is 0 Å². The van der Waals surface area contributed by atoms with E-state index >= 15 is 0 Å². The van der Waals surface area contributed by atoms with Crippen LogP contribution >= 0.6 is 12.4 Å². The number of likely N-dealkylation sites (tertiary alicyclic amines) is 1. The Balaban J connectivity index is 0.00000280. The van der Waals surface area contributed by atoms with Gasteiger partial charge in [0.05, 0.1) is 15.9 Å². The third-order valence-corrected chi connectivity index (χ3v) is 6.84. The number of aryl methyl sites for hydroxylation is 2. The molecule has 1 aromatic heterocycles. The van der Waals surface area contributed by atoms with Crippen LogP contribution in [0.5, 0.6) is 0 Å². The molecule has 10 heteroatoms. The van der Waals surface area contributed by atoms with Crippen LogP contribution in [0.15, 0.2) is 23.1 Å². The fourth-order valence-electron chi connectivity index (χ4n) is 3.47. The third kappa shape index (κ3) is 4.32. The molecule has 156 valence electrons. The van der Waals surface area contributed by atoms with Gasteiger partial charge >= 0.3 is 0 Å². The molecule has 8 nitrogen and oxygen atoms in total. The molecule has 0 bridgehead atoms. The first-order valence-corrected chi connectivity index (χ1v) is 10.6. The zero-order valence-corrected chi connectivity index (χ0v) is 18.1. The van der Waals surface area contributed by atoms with Crippen LogP contribution in [0.3, 0.4) is 0 Å². The molecule has 1 aliphatic rings. The summed E-state index contributed by atoms with van der Waals surface area (Å²) in [4.78, 5) is 19.0. The van der Waals surface area contributed by atoms with E-state index in [9.17, 15) is 13.2 Å². The van der Waals surface area contributed by atoms with Crippen molar-refractivity contribution in [3.63, 3.8) is 0 Å². The van der Waals surface area contributed by atoms with Gasteiger partial charge in [0.25, 0.3) is 0 Å². The Labute approximate surface area is 172 Å². The highest BCUT2D eigenvalue weighted by Gasteiger charge is 2.24. The maximum absolute atomic E-state index is 12.4. The van der Waals surface area contributed by atoms with E-state index in [0.29, 0.717) is 31.4 Å². The second kappa shape index (κ2) is 8.77. The smallest absolute Gasteiger partial charge is 0.242 e. The number of carbonyl (C=O) groups excluding carboxylic acids is 1. The van der Waals surface area contributed by atoms with Gasteiger partial charge in [-0.1, -0.05) is 0 Å². The van der Waals surface area contributed by atoms with Gasteiger partial charge in [-0.25, -0.2) is 17.7 Å². The SMILES string of the molecule is CCn1c(CCC(=O)N2CC[C@@H](N)C2)nc2cc(S(=O)(=O)N(C)C)ccc21.Cl. The lowest BCUT2D eigenvalue weighted by Crippen LogP contribution is -2.32. The Hall–Kier alpha value is -1.68. The highest BCUT2D eigenvalue weighted by molar-refractivity contribution is 7.89. The molecule has 1 amide bonds. The summed E-state index contributed by atoms with van der Waals surface area (Å²) >= 11 is 0. The molecule has 2 heterocycles. The van der Waals surface area contributed by atoms with Gasteiger partial charge in [-0.15, -0.1) is 12.4 Å². The minimum absolute atomic E-state index is 0. The van der Waals surface area contributed by atoms with Crippen LogP contribution in [0.1, 0.15) is 25.6 Å². The number of hydrogen-bond donors (Lipinski definition) is 1. The van der Waals surface area contributed by atoms with Crippen LogP contribution in [0.4, 0.5) is 0 Å². The first kappa shape index (κ1) is 22.6. The van der Waals surface area contributed by atoms with Crippen molar-refractivity contribution in [1.82, 2.24) is 18.8 Å². The summed E-state index contributed by atoms with van der Waals surface area (Å²) in [6, 6.07) is 5.06. The minimum atomic E-state index is -3.51. The van der Waals surface area contributed by atoms with E-state index in [-0.39, 0.29) is 29.3 Å². The molecule has 28 heavy (non-hydrogen) atoms. The molecule has 1 fully saturated rings. The summed E-state index contributed by atoms with van der Waals surface area (Å²) < 4.78 is 27.9. The predicted molar refractivity (Wildman–Crippen MR) is 111 cm³/mol. The maximum Gasteiger partial charge on any atom is 0.242 e. The van der Waals surface area contributed by atoms with Crippen LogP contribution < -0.4 is 5.73 Å². The van der Waals surface area contributed by atoms with Crippen LogP contribution in [0, 0.1) is 0 Å². The van der Waals surface area contributed by atoms with Crippen LogP contribution in [0.25, 0.3) is 11.0 Å². The zero-order valence-electron chi connectivity index (χ0n) is 16.5. The minimum Gasteiger partial charge on any atom is -0.341 e. The molecule has 1 aliphatic heterocycles. The molecular formula is C18H28ClN5O3S. The Morgan fingerprint density at radius 3 is 2.64 bits per heavy atom. The summed E-state index contributed by atoms with van der Waals surface area (Å²) in [5, 5.41) is 0. The molecule has 0 unspecified atom stereocenters. The van der Waals surface area contributed by atoms with Crippen molar-refractivity contribution < 1.29 is 13.2 Å². The molecule has 0 spiro atoms. The van der Waals surface area contributed by atoms with E-state index in [4.69, 9.17) is 5.73 Å². The van der Waals surface area contributed by atoms with Gasteiger partial charge in [0, 0.05) is 52.6 Å². The summed E-state index contributed by atoms with van der Waals surface area (Å²) in [7, 11) is -0.498. The highest BCUT2D eigenvalue weighted by Crippen LogP contribution is 2.23. The molecule has 1 saturated heterocycles. The van der Waals surface area contributed by atoms with Crippen molar-refractivity contribution in [3.05, 3.63) is 24.0 Å². The number of aromatic nitrogens is 2. The Kier molecular flexibility index (Phi) is 7.08. The number of nitrogens with two attached hydrogens (primary N) is 1. The zero-order chi connectivity index (χ0) is 19.8. The fraction of sp³-hybridized carbons (Fsp3) is 0.556. The van der Waals surface area contributed by atoms with Crippen LogP contribution in [-0.4, -0.2) is 66.3 Å².